The Balaban J connectivity index is 2.30. The maximum absolute atomic E-state index is 10.9. The summed E-state index contributed by atoms with van der Waals surface area (Å²) in [5.41, 5.74) is 9.77. The third-order valence-electron chi connectivity index (χ3n) is 3.26. The molecule has 106 valence electrons. The van der Waals surface area contributed by atoms with Crippen molar-refractivity contribution in [1.29, 1.82) is 0 Å². The molecule has 0 saturated heterocycles. The average molecular weight is 299 g/mol. The summed E-state index contributed by atoms with van der Waals surface area (Å²) in [6, 6.07) is 11.2. The predicted octanol–water partition coefficient (Wildman–Crippen LogP) is 2.18. The van der Waals surface area contributed by atoms with Crippen LogP contribution in [-0.2, 0) is 11.3 Å². The van der Waals surface area contributed by atoms with Gasteiger partial charge in [0, 0.05) is 10.9 Å². The number of nitrogens with two attached hydrogens (primary N) is 1. The van der Waals surface area contributed by atoms with E-state index in [0.717, 1.165) is 11.0 Å². The molecule has 3 aromatic rings. The first kappa shape index (κ1) is 13.4. The third kappa shape index (κ3) is 2.30. The molecule has 0 spiro atoms. The minimum Gasteiger partial charge on any atom is -0.495 e. The Labute approximate surface area is 124 Å². The maximum atomic E-state index is 10.9. The quantitative estimate of drug-likeness (QED) is 0.574. The van der Waals surface area contributed by atoms with E-state index in [1.165, 1.54) is 5.37 Å². The van der Waals surface area contributed by atoms with Gasteiger partial charge in [-0.3, -0.25) is 0 Å². The minimum absolute atomic E-state index is 0.380. The van der Waals surface area contributed by atoms with Crippen molar-refractivity contribution in [3.63, 3.8) is 0 Å². The fourth-order valence-electron chi connectivity index (χ4n) is 2.28. The van der Waals surface area contributed by atoms with Crippen LogP contribution in [0.4, 0.5) is 5.69 Å². The summed E-state index contributed by atoms with van der Waals surface area (Å²) in [6.45, 7) is 0. The van der Waals surface area contributed by atoms with Crippen LogP contribution in [-0.4, -0.2) is 26.7 Å². The van der Waals surface area contributed by atoms with Crippen LogP contribution in [0.1, 0.15) is 5.56 Å². The molecule has 0 bridgehead atoms. The second-order valence-corrected chi connectivity index (χ2v) is 4.89. The predicted molar refractivity (Wildman–Crippen MR) is 85.8 cm³/mol. The largest absolute Gasteiger partial charge is 0.495 e. The van der Waals surface area contributed by atoms with Gasteiger partial charge in [-0.25, -0.2) is 9.19 Å². The van der Waals surface area contributed by atoms with Crippen LogP contribution in [0.5, 0.6) is 5.75 Å². The van der Waals surface area contributed by atoms with Crippen molar-refractivity contribution in [2.75, 3.05) is 12.8 Å². The van der Waals surface area contributed by atoms with E-state index in [4.69, 9.17) is 10.5 Å². The summed E-state index contributed by atoms with van der Waals surface area (Å²) < 4.78 is 16.1. The van der Waals surface area contributed by atoms with Crippen molar-refractivity contribution in [3.05, 3.63) is 42.0 Å². The topological polar surface area (TPSA) is 81.0 Å². The fraction of sp³-hybridized carbons (Fsp3) is 0.0667. The Morgan fingerprint density at radius 3 is 2.81 bits per heavy atom. The molecule has 0 atom stereocenters. The minimum atomic E-state index is 0.380. The van der Waals surface area contributed by atoms with Crippen molar-refractivity contribution in [2.24, 2.45) is 0 Å². The monoisotopic (exact) mass is 299 g/mol. The number of fused-ring (bicyclic) bond motifs is 1. The lowest BCUT2D eigenvalue weighted by Gasteiger charge is -2.10. The van der Waals surface area contributed by atoms with Crippen LogP contribution in [0.25, 0.3) is 22.4 Å². The first-order valence-corrected chi connectivity index (χ1v) is 7.08. The molecule has 6 heteroatoms. The summed E-state index contributed by atoms with van der Waals surface area (Å²) in [7, 11) is 1.56. The molecule has 5 nitrogen and oxygen atoms in total. The van der Waals surface area contributed by atoms with Crippen molar-refractivity contribution in [3.8, 4) is 17.1 Å². The van der Waals surface area contributed by atoms with E-state index in [1.54, 1.807) is 19.2 Å². The zero-order valence-corrected chi connectivity index (χ0v) is 12.1. The second-order valence-electron chi connectivity index (χ2n) is 4.46. The van der Waals surface area contributed by atoms with E-state index in [0.29, 0.717) is 39.6 Å². The number of hydrogen-bond donors (Lipinski definition) is 2. The summed E-state index contributed by atoms with van der Waals surface area (Å²) in [5.74, 6) is 1.17. The summed E-state index contributed by atoms with van der Waals surface area (Å²) in [6.07, 6.45) is 0. The third-order valence-corrected chi connectivity index (χ3v) is 3.61. The van der Waals surface area contributed by atoms with Gasteiger partial charge in [-0.05, 0) is 24.3 Å². The molecule has 0 amide bonds. The summed E-state index contributed by atoms with van der Waals surface area (Å²) in [4.78, 5) is 7.76. The Morgan fingerprint density at radius 2 is 2.10 bits per heavy atom. The van der Waals surface area contributed by atoms with Gasteiger partial charge < -0.3 is 15.5 Å². The Morgan fingerprint density at radius 1 is 1.29 bits per heavy atom. The van der Waals surface area contributed by atoms with Gasteiger partial charge in [-0.1, -0.05) is 12.1 Å². The number of methoxy groups -OCH3 is 1. The lowest BCUT2D eigenvalue weighted by Crippen LogP contribution is -2.00. The van der Waals surface area contributed by atoms with E-state index < -0.39 is 0 Å². The maximum Gasteiger partial charge on any atom is 0.142 e. The number of hydrogen-bond acceptors (Lipinski definition) is 4. The van der Waals surface area contributed by atoms with Crippen LogP contribution in [0.15, 0.2) is 36.4 Å². The van der Waals surface area contributed by atoms with E-state index in [1.807, 2.05) is 24.3 Å². The van der Waals surface area contributed by atoms with Gasteiger partial charge in [0.15, 0.2) is 0 Å². The average Bonchev–Trinajstić information content (AvgIpc) is 2.91. The van der Waals surface area contributed by atoms with E-state index >= 15 is 0 Å². The normalized spacial score (nSPS) is 10.5. The highest BCUT2D eigenvalue weighted by molar-refractivity contribution is 7.65. The number of aromatic nitrogens is 2. The fourth-order valence-corrected chi connectivity index (χ4v) is 2.58. The highest BCUT2D eigenvalue weighted by Crippen LogP contribution is 2.35. The van der Waals surface area contributed by atoms with Gasteiger partial charge in [-0.2, -0.15) is 0 Å². The van der Waals surface area contributed by atoms with Crippen molar-refractivity contribution < 1.29 is 8.95 Å². The Hall–Kier alpha value is -2.60. The van der Waals surface area contributed by atoms with Gasteiger partial charge in [-0.15, -0.1) is 0 Å². The highest BCUT2D eigenvalue weighted by atomic mass is 32.1. The molecule has 2 aromatic carbocycles. The van der Waals surface area contributed by atoms with Crippen LogP contribution in [0.2, 0.25) is 0 Å². The van der Waals surface area contributed by atoms with Crippen molar-refractivity contribution in [2.45, 2.75) is 0 Å². The lowest BCUT2D eigenvalue weighted by molar-refractivity contribution is 0.417. The number of imidazole rings is 1. The van der Waals surface area contributed by atoms with Crippen LogP contribution < -0.4 is 10.5 Å². The van der Waals surface area contributed by atoms with E-state index in [9.17, 15) is 4.21 Å². The number of nitrogen functional groups attached to an aromatic ring is 1. The van der Waals surface area contributed by atoms with Crippen molar-refractivity contribution >= 4 is 33.3 Å². The molecule has 0 aliphatic carbocycles. The second kappa shape index (κ2) is 5.41. The van der Waals surface area contributed by atoms with Gasteiger partial charge in [0.2, 0.25) is 0 Å². The molecule has 0 aliphatic rings. The SMILES string of the molecule is COc1ccc(C=S=O)c(-c2nc3ccccc3[nH]2)c1N. The zero-order chi connectivity index (χ0) is 14.8. The van der Waals surface area contributed by atoms with E-state index in [2.05, 4.69) is 9.97 Å². The molecule has 3 rings (SSSR count). The van der Waals surface area contributed by atoms with Crippen LogP contribution >= 0.6 is 0 Å². The number of benzene rings is 2. The number of rotatable bonds is 3. The molecule has 0 radical (unpaired) electrons. The molecule has 0 unspecified atom stereocenters. The van der Waals surface area contributed by atoms with E-state index in [-0.39, 0.29) is 0 Å². The number of nitrogens with one attached hydrogen (secondary N) is 1. The lowest BCUT2D eigenvalue weighted by atomic mass is 10.1. The van der Waals surface area contributed by atoms with Crippen molar-refractivity contribution in [1.82, 2.24) is 9.97 Å². The van der Waals surface area contributed by atoms with Gasteiger partial charge >= 0.3 is 0 Å². The molecule has 1 aromatic heterocycles. The molecule has 0 aliphatic heterocycles. The van der Waals surface area contributed by atoms with Crippen LogP contribution in [0, 0.1) is 0 Å². The van der Waals surface area contributed by atoms with Crippen LogP contribution in [0.3, 0.4) is 0 Å². The van der Waals surface area contributed by atoms with Gasteiger partial charge in [0.25, 0.3) is 0 Å². The molecule has 3 N–H and O–H groups in total. The summed E-state index contributed by atoms with van der Waals surface area (Å²) >= 11 is 0.380. The molecule has 21 heavy (non-hydrogen) atoms. The number of ether oxygens (including phenoxy) is 1. The molecular formula is C15H13N3O2S. The first-order valence-electron chi connectivity index (χ1n) is 6.28. The smallest absolute Gasteiger partial charge is 0.142 e. The Kier molecular flexibility index (Phi) is 3.45. The number of anilines is 1. The zero-order valence-electron chi connectivity index (χ0n) is 11.3. The van der Waals surface area contributed by atoms with Gasteiger partial charge in [0.1, 0.15) is 11.6 Å². The molecule has 1 heterocycles. The molecule has 0 fully saturated rings. The Bertz CT molecular complexity index is 833. The first-order chi connectivity index (χ1) is 10.2. The number of para-hydroxylation sites is 2. The number of H-pyrrole nitrogens is 1. The standard InChI is InChI=1S/C15H13N3O2S/c1-20-12-7-6-9(8-21-19)13(14(12)16)15-17-10-4-2-3-5-11(10)18-15/h2-8H,16H2,1H3,(H,17,18). The number of nitrogens with zero attached hydrogens (tertiary/aromatic N) is 1. The highest BCUT2D eigenvalue weighted by Gasteiger charge is 2.15. The number of aromatic amines is 1. The molecule has 0 saturated carbocycles. The van der Waals surface area contributed by atoms with Gasteiger partial charge in [0.05, 0.1) is 40.6 Å². The summed E-state index contributed by atoms with van der Waals surface area (Å²) in [5, 5.41) is 1.50. The molecular weight excluding hydrogens is 286 g/mol.